The summed E-state index contributed by atoms with van der Waals surface area (Å²) in [6.07, 6.45) is 6.43. The predicted molar refractivity (Wildman–Crippen MR) is 98.2 cm³/mol. The molecule has 1 saturated heterocycles. The van der Waals surface area contributed by atoms with Crippen LogP contribution in [0.3, 0.4) is 0 Å². The number of benzene rings is 1. The van der Waals surface area contributed by atoms with Crippen molar-refractivity contribution in [3.63, 3.8) is 0 Å². The summed E-state index contributed by atoms with van der Waals surface area (Å²) in [5.74, 6) is 0.241. The van der Waals surface area contributed by atoms with Crippen molar-refractivity contribution in [2.75, 3.05) is 19.6 Å². The maximum atomic E-state index is 12.1. The van der Waals surface area contributed by atoms with E-state index in [0.717, 1.165) is 49.7 Å². The molecule has 1 fully saturated rings. The number of amides is 1. The number of hydrogen-bond donors (Lipinski definition) is 1. The quantitative estimate of drug-likeness (QED) is 0.660. The molecule has 0 aromatic heterocycles. The molecule has 1 amide bonds. The molecule has 1 aromatic rings. The maximum Gasteiger partial charge on any atom is 0.240 e. The van der Waals surface area contributed by atoms with E-state index in [1.807, 2.05) is 4.90 Å². The van der Waals surface area contributed by atoms with Crippen LogP contribution in [0.1, 0.15) is 44.9 Å². The van der Waals surface area contributed by atoms with Crippen molar-refractivity contribution in [1.29, 1.82) is 0 Å². The maximum absolute atomic E-state index is 12.1. The Balaban J connectivity index is 1.62. The number of carbonyl (C=O) groups excluding carboxylic acids is 1. The zero-order valence-corrected chi connectivity index (χ0v) is 16.2. The van der Waals surface area contributed by atoms with E-state index in [2.05, 4.69) is 20.7 Å². The van der Waals surface area contributed by atoms with Crippen LogP contribution in [0.15, 0.2) is 33.6 Å². The van der Waals surface area contributed by atoms with Crippen LogP contribution >= 0.6 is 15.9 Å². The molecule has 0 radical (unpaired) electrons. The summed E-state index contributed by atoms with van der Waals surface area (Å²) in [6.45, 7) is 2.19. The highest BCUT2D eigenvalue weighted by Crippen LogP contribution is 2.15. The van der Waals surface area contributed by atoms with Gasteiger partial charge in [0, 0.05) is 30.5 Å². The van der Waals surface area contributed by atoms with E-state index in [9.17, 15) is 13.2 Å². The van der Waals surface area contributed by atoms with Crippen LogP contribution in [0.5, 0.6) is 0 Å². The van der Waals surface area contributed by atoms with Gasteiger partial charge in [0.1, 0.15) is 0 Å². The number of nitrogens with one attached hydrogen (secondary N) is 1. The Morgan fingerprint density at radius 3 is 2.38 bits per heavy atom. The summed E-state index contributed by atoms with van der Waals surface area (Å²) in [6, 6.07) is 6.56. The van der Waals surface area contributed by atoms with Gasteiger partial charge >= 0.3 is 0 Å². The van der Waals surface area contributed by atoms with E-state index in [4.69, 9.17) is 0 Å². The number of carbonyl (C=O) groups is 1. The van der Waals surface area contributed by atoms with E-state index >= 15 is 0 Å². The second-order valence-electron chi connectivity index (χ2n) is 6.10. The number of unbranched alkanes of at least 4 members (excludes halogenated alkanes) is 2. The molecule has 2 rings (SSSR count). The van der Waals surface area contributed by atoms with Gasteiger partial charge in [-0.1, -0.05) is 22.4 Å². The number of sulfonamides is 1. The number of halogens is 1. The Bertz CT molecular complexity index is 626. The van der Waals surface area contributed by atoms with E-state index in [1.165, 1.54) is 6.42 Å². The smallest absolute Gasteiger partial charge is 0.240 e. The molecule has 1 aliphatic rings. The summed E-state index contributed by atoms with van der Waals surface area (Å²) in [4.78, 5) is 14.2. The van der Waals surface area contributed by atoms with Gasteiger partial charge in [0.05, 0.1) is 4.90 Å². The highest BCUT2D eigenvalue weighted by molar-refractivity contribution is 9.10. The highest BCUT2D eigenvalue weighted by Gasteiger charge is 2.16. The van der Waals surface area contributed by atoms with Crippen LogP contribution < -0.4 is 4.72 Å². The van der Waals surface area contributed by atoms with Gasteiger partial charge in [0.2, 0.25) is 15.9 Å². The molecule has 134 valence electrons. The second-order valence-corrected chi connectivity index (χ2v) is 8.79. The van der Waals surface area contributed by atoms with Crippen molar-refractivity contribution in [2.24, 2.45) is 0 Å². The molecule has 7 heteroatoms. The SMILES string of the molecule is O=C(CCCCCNS(=O)(=O)c1ccc(Br)cc1)N1CCCCC1. The Hall–Kier alpha value is -0.920. The van der Waals surface area contributed by atoms with E-state index < -0.39 is 10.0 Å². The number of hydrogen-bond acceptors (Lipinski definition) is 3. The van der Waals surface area contributed by atoms with Crippen molar-refractivity contribution in [1.82, 2.24) is 9.62 Å². The van der Waals surface area contributed by atoms with Gasteiger partial charge < -0.3 is 4.90 Å². The van der Waals surface area contributed by atoms with Crippen LogP contribution in [-0.2, 0) is 14.8 Å². The molecule has 0 aliphatic carbocycles. The lowest BCUT2D eigenvalue weighted by molar-refractivity contribution is -0.132. The molecule has 0 atom stereocenters. The lowest BCUT2D eigenvalue weighted by Crippen LogP contribution is -2.35. The standard InChI is InChI=1S/C17H25BrN2O3S/c18-15-8-10-16(11-9-15)24(22,23)19-12-4-1-3-7-17(21)20-13-5-2-6-14-20/h8-11,19H,1-7,12-14H2. The fraction of sp³-hybridized carbons (Fsp3) is 0.588. The summed E-state index contributed by atoms with van der Waals surface area (Å²) in [5, 5.41) is 0. The second kappa shape index (κ2) is 9.53. The third-order valence-electron chi connectivity index (χ3n) is 4.19. The Morgan fingerprint density at radius 1 is 1.04 bits per heavy atom. The van der Waals surface area contributed by atoms with Crippen LogP contribution in [0.25, 0.3) is 0 Å². The average molecular weight is 417 g/mol. The molecule has 1 N–H and O–H groups in total. The van der Waals surface area contributed by atoms with Crippen LogP contribution in [0.4, 0.5) is 0 Å². The number of rotatable bonds is 8. The first-order chi connectivity index (χ1) is 11.5. The number of nitrogens with zero attached hydrogens (tertiary/aromatic N) is 1. The van der Waals surface area contributed by atoms with Crippen molar-refractivity contribution < 1.29 is 13.2 Å². The molecule has 1 aromatic carbocycles. The predicted octanol–water partition coefficient (Wildman–Crippen LogP) is 3.30. The van der Waals surface area contributed by atoms with Gasteiger partial charge in [-0.2, -0.15) is 0 Å². The monoisotopic (exact) mass is 416 g/mol. The van der Waals surface area contributed by atoms with Crippen molar-refractivity contribution in [2.45, 2.75) is 49.8 Å². The van der Waals surface area contributed by atoms with E-state index in [0.29, 0.717) is 13.0 Å². The minimum atomic E-state index is -3.44. The lowest BCUT2D eigenvalue weighted by atomic mass is 10.1. The van der Waals surface area contributed by atoms with Crippen LogP contribution in [-0.4, -0.2) is 38.9 Å². The summed E-state index contributed by atoms with van der Waals surface area (Å²) in [5.41, 5.74) is 0. The van der Waals surface area contributed by atoms with Gasteiger partial charge in [-0.15, -0.1) is 0 Å². The molecule has 0 bridgehead atoms. The molecule has 1 aliphatic heterocycles. The largest absolute Gasteiger partial charge is 0.343 e. The average Bonchev–Trinajstić information content (AvgIpc) is 2.59. The Labute approximate surface area is 153 Å². The fourth-order valence-electron chi connectivity index (χ4n) is 2.78. The molecular weight excluding hydrogens is 392 g/mol. The Kier molecular flexibility index (Phi) is 7.71. The fourth-order valence-corrected chi connectivity index (χ4v) is 4.12. The lowest BCUT2D eigenvalue weighted by Gasteiger charge is -2.26. The third kappa shape index (κ3) is 6.18. The normalized spacial score (nSPS) is 15.5. The number of piperidine rings is 1. The van der Waals surface area contributed by atoms with Crippen molar-refractivity contribution >= 4 is 31.9 Å². The molecule has 5 nitrogen and oxygen atoms in total. The highest BCUT2D eigenvalue weighted by atomic mass is 79.9. The molecule has 1 heterocycles. The molecule has 0 saturated carbocycles. The third-order valence-corrected chi connectivity index (χ3v) is 6.20. The van der Waals surface area contributed by atoms with Gasteiger partial charge in [-0.25, -0.2) is 13.1 Å². The first kappa shape index (κ1) is 19.4. The molecule has 0 spiro atoms. The zero-order chi connectivity index (χ0) is 17.4. The van der Waals surface area contributed by atoms with Gasteiger partial charge in [0.15, 0.2) is 0 Å². The van der Waals surface area contributed by atoms with E-state index in [-0.39, 0.29) is 10.8 Å². The summed E-state index contributed by atoms with van der Waals surface area (Å²) >= 11 is 3.29. The first-order valence-electron chi connectivity index (χ1n) is 8.52. The molecule has 24 heavy (non-hydrogen) atoms. The summed E-state index contributed by atoms with van der Waals surface area (Å²) < 4.78 is 27.7. The first-order valence-corrected chi connectivity index (χ1v) is 10.8. The van der Waals surface area contributed by atoms with Crippen molar-refractivity contribution in [3.05, 3.63) is 28.7 Å². The summed E-state index contributed by atoms with van der Waals surface area (Å²) in [7, 11) is -3.44. The van der Waals surface area contributed by atoms with Crippen LogP contribution in [0.2, 0.25) is 0 Å². The van der Waals surface area contributed by atoms with Crippen LogP contribution in [0, 0.1) is 0 Å². The Morgan fingerprint density at radius 2 is 1.71 bits per heavy atom. The zero-order valence-electron chi connectivity index (χ0n) is 13.8. The van der Waals surface area contributed by atoms with Gasteiger partial charge in [-0.05, 0) is 56.4 Å². The minimum absolute atomic E-state index is 0.241. The van der Waals surface area contributed by atoms with Gasteiger partial charge in [-0.3, -0.25) is 4.79 Å². The molecule has 0 unspecified atom stereocenters. The van der Waals surface area contributed by atoms with E-state index in [1.54, 1.807) is 24.3 Å². The van der Waals surface area contributed by atoms with Crippen molar-refractivity contribution in [3.8, 4) is 0 Å². The minimum Gasteiger partial charge on any atom is -0.343 e. The number of likely N-dealkylation sites (tertiary alicyclic amines) is 1. The van der Waals surface area contributed by atoms with Gasteiger partial charge in [0.25, 0.3) is 0 Å². The topological polar surface area (TPSA) is 66.5 Å². The molecular formula is C17H25BrN2O3S.